The third-order valence-corrected chi connectivity index (χ3v) is 16.1. The number of benzene rings is 4. The maximum atomic E-state index is 14.5. The van der Waals surface area contributed by atoms with Gasteiger partial charge in [0.05, 0.1) is 54.6 Å². The maximum absolute atomic E-state index is 14.5. The Hall–Kier alpha value is -9.48. The molecule has 5 aliphatic heterocycles. The summed E-state index contributed by atoms with van der Waals surface area (Å²) in [4.78, 5) is 110. The number of ether oxygens (including phenoxy) is 4. The molecule has 0 bridgehead atoms. The highest BCUT2D eigenvalue weighted by atomic mass is 16.5. The lowest BCUT2D eigenvalue weighted by molar-refractivity contribution is -0.137. The lowest BCUT2D eigenvalue weighted by Crippen LogP contribution is -2.54. The zero-order chi connectivity index (χ0) is 61.3. The number of urea groups is 1. The molecule has 5 aromatic rings. The van der Waals surface area contributed by atoms with Crippen LogP contribution in [0.1, 0.15) is 108 Å². The summed E-state index contributed by atoms with van der Waals surface area (Å²) in [6.07, 6.45) is 8.43. The zero-order valence-corrected chi connectivity index (χ0v) is 49.0. The van der Waals surface area contributed by atoms with Crippen molar-refractivity contribution in [3.05, 3.63) is 142 Å². The molecule has 10 rings (SSSR count). The van der Waals surface area contributed by atoms with Crippen LogP contribution in [-0.4, -0.2) is 130 Å². The minimum absolute atomic E-state index is 0.0492. The second-order valence-electron chi connectivity index (χ2n) is 22.4. The number of amides is 8. The van der Waals surface area contributed by atoms with Crippen LogP contribution in [0.2, 0.25) is 0 Å². The summed E-state index contributed by atoms with van der Waals surface area (Å²) >= 11 is 0. The minimum atomic E-state index is -1.08. The van der Waals surface area contributed by atoms with Crippen molar-refractivity contribution < 1.29 is 57.6 Å². The first-order chi connectivity index (χ1) is 42.0. The monoisotopic (exact) mass is 1190 g/mol. The molecule has 87 heavy (non-hydrogen) atoms. The van der Waals surface area contributed by atoms with Gasteiger partial charge in [-0.1, -0.05) is 56.7 Å². The second-order valence-corrected chi connectivity index (χ2v) is 22.4. The van der Waals surface area contributed by atoms with Crippen molar-refractivity contribution in [3.8, 4) is 23.0 Å². The molecule has 0 fully saturated rings. The van der Waals surface area contributed by atoms with E-state index in [9.17, 15) is 38.7 Å². The van der Waals surface area contributed by atoms with Crippen LogP contribution in [0.3, 0.4) is 0 Å². The number of primary amides is 1. The average molecular weight is 1190 g/mol. The highest BCUT2D eigenvalue weighted by molar-refractivity contribution is 6.13. The summed E-state index contributed by atoms with van der Waals surface area (Å²) in [5.41, 5.74) is 13.0. The molecular formula is C64H71N11O12. The fourth-order valence-corrected chi connectivity index (χ4v) is 11.4. The van der Waals surface area contributed by atoms with Gasteiger partial charge < -0.3 is 56.0 Å². The number of aromatic nitrogens is 1. The fraction of sp³-hybridized carbons (Fsp3) is 0.375. The van der Waals surface area contributed by atoms with Crippen LogP contribution in [0.5, 0.6) is 23.0 Å². The summed E-state index contributed by atoms with van der Waals surface area (Å²) in [5.74, 6) is -1.27. The number of nitrogens with one attached hydrogen (secondary N) is 4. The largest absolute Gasteiger partial charge is 0.493 e. The Morgan fingerprint density at radius 1 is 0.701 bits per heavy atom. The van der Waals surface area contributed by atoms with Gasteiger partial charge in [0, 0.05) is 80.6 Å². The summed E-state index contributed by atoms with van der Waals surface area (Å²) in [6, 6.07) is 22.8. The van der Waals surface area contributed by atoms with Gasteiger partial charge in [0.25, 0.3) is 17.7 Å². The van der Waals surface area contributed by atoms with Crippen molar-refractivity contribution in [1.29, 1.82) is 0 Å². The van der Waals surface area contributed by atoms with Gasteiger partial charge in [0.15, 0.2) is 23.0 Å². The Bertz CT molecular complexity index is 3550. The number of pyridine rings is 1. The molecule has 5 aliphatic rings. The second kappa shape index (κ2) is 27.3. The smallest absolute Gasteiger partial charge is 0.312 e. The molecule has 4 aromatic carbocycles. The van der Waals surface area contributed by atoms with E-state index in [2.05, 4.69) is 33.4 Å². The number of hydrogen-bond acceptors (Lipinski definition) is 16. The molecule has 1 aromatic heterocycles. The van der Waals surface area contributed by atoms with E-state index in [0.29, 0.717) is 94.8 Å². The standard InChI is InChI=1S/C64H71N11O12/c1-37(2)59(72-56(76)17-6-5-9-23-73-57(77)20-21-58(73)78)61(80)71-49(16-11-22-66-64(65)83)60(79)70-42-19-18-39-26-46-32-68-51-30-55(53(85-4)28-48(51)63(82)75(46)34-41(39)24-42)87-36-44-15-10-14-43(69-44)35-86-54-29-50-47(27-52(54)84-3)62(81)74-33-40-13-8-7-12-38(40)25-45(74)31-67-50/h7-8,10,12-15,18-21,24,27-32,37,45-46,49,59,62,81H,5-6,9,11,16-17,22-23,25-26,33-36H2,1-4H3,(H,70,79)(H,71,80)(H,72,76)(H3,65,66,83)/t45-,46-,49-,59-,62?/m0/s1. The number of anilines is 1. The lowest BCUT2D eigenvalue weighted by atomic mass is 9.93. The molecule has 7 N–H and O–H groups in total. The van der Waals surface area contributed by atoms with E-state index in [0.717, 1.165) is 22.4 Å². The van der Waals surface area contributed by atoms with Gasteiger partial charge in [-0.2, -0.15) is 0 Å². The van der Waals surface area contributed by atoms with Crippen molar-refractivity contribution in [3.63, 3.8) is 0 Å². The highest BCUT2D eigenvalue weighted by Crippen LogP contribution is 2.43. The number of nitrogens with two attached hydrogens (primary N) is 1. The Labute approximate surface area is 503 Å². The van der Waals surface area contributed by atoms with Crippen molar-refractivity contribution in [1.82, 2.24) is 35.6 Å². The predicted molar refractivity (Wildman–Crippen MR) is 322 cm³/mol. The Kier molecular flexibility index (Phi) is 19.0. The quantitative estimate of drug-likeness (QED) is 0.0298. The predicted octanol–water partition coefficient (Wildman–Crippen LogP) is 6.17. The summed E-state index contributed by atoms with van der Waals surface area (Å²) in [6.45, 7) is 4.86. The first-order valence-corrected chi connectivity index (χ1v) is 29.2. The van der Waals surface area contributed by atoms with Gasteiger partial charge in [0.1, 0.15) is 31.5 Å². The normalized spacial score (nSPS) is 18.0. The maximum Gasteiger partial charge on any atom is 0.312 e. The summed E-state index contributed by atoms with van der Waals surface area (Å²) < 4.78 is 24.1. The molecule has 0 saturated heterocycles. The van der Waals surface area contributed by atoms with Crippen molar-refractivity contribution >= 4 is 71.0 Å². The first-order valence-electron chi connectivity index (χ1n) is 29.2. The van der Waals surface area contributed by atoms with E-state index in [4.69, 9.17) is 39.6 Å². The van der Waals surface area contributed by atoms with E-state index in [1.807, 2.05) is 47.5 Å². The van der Waals surface area contributed by atoms with Crippen molar-refractivity contribution in [2.45, 2.75) is 122 Å². The van der Waals surface area contributed by atoms with E-state index in [1.165, 1.54) is 30.4 Å². The Balaban J connectivity index is 0.753. The number of rotatable bonds is 24. The van der Waals surface area contributed by atoms with E-state index >= 15 is 0 Å². The van der Waals surface area contributed by atoms with Crippen LogP contribution in [-0.2, 0) is 63.1 Å². The molecule has 0 aliphatic carbocycles. The molecule has 23 nitrogen and oxygen atoms in total. The number of nitrogens with zero attached hydrogens (tertiary/aromatic N) is 6. The molecule has 0 spiro atoms. The van der Waals surface area contributed by atoms with Crippen molar-refractivity contribution in [2.75, 3.05) is 32.6 Å². The number of carbonyl (C=O) groups is 7. The fourth-order valence-electron chi connectivity index (χ4n) is 11.4. The van der Waals surface area contributed by atoms with Crippen molar-refractivity contribution in [2.24, 2.45) is 21.6 Å². The van der Waals surface area contributed by atoms with Gasteiger partial charge in [-0.25, -0.2) is 4.79 Å². The molecular weight excluding hydrogens is 1110 g/mol. The van der Waals surface area contributed by atoms with Gasteiger partial charge in [-0.3, -0.25) is 53.5 Å². The molecule has 454 valence electrons. The minimum Gasteiger partial charge on any atom is -0.493 e. The molecule has 8 amide bonds. The van der Waals surface area contributed by atoms with Gasteiger partial charge in [-0.15, -0.1) is 0 Å². The number of hydrogen-bond donors (Lipinski definition) is 6. The van der Waals surface area contributed by atoms with Crippen LogP contribution >= 0.6 is 0 Å². The topological polar surface area (TPSA) is 298 Å². The van der Waals surface area contributed by atoms with E-state index in [1.54, 1.807) is 68.5 Å². The highest BCUT2D eigenvalue weighted by Gasteiger charge is 2.37. The van der Waals surface area contributed by atoms with Crippen LogP contribution in [0.4, 0.5) is 21.9 Å². The lowest BCUT2D eigenvalue weighted by Gasteiger charge is -2.37. The van der Waals surface area contributed by atoms with Gasteiger partial charge in [0.2, 0.25) is 17.7 Å². The third-order valence-electron chi connectivity index (χ3n) is 16.1. The van der Waals surface area contributed by atoms with Gasteiger partial charge >= 0.3 is 6.03 Å². The van der Waals surface area contributed by atoms with E-state index in [-0.39, 0.29) is 87.7 Å². The van der Waals surface area contributed by atoms with Crippen LogP contribution < -0.4 is 45.9 Å². The van der Waals surface area contributed by atoms with Crippen LogP contribution in [0.15, 0.2) is 107 Å². The zero-order valence-electron chi connectivity index (χ0n) is 49.0. The molecule has 23 heteroatoms. The Morgan fingerprint density at radius 2 is 1.37 bits per heavy atom. The van der Waals surface area contributed by atoms with Crippen LogP contribution in [0.25, 0.3) is 0 Å². The summed E-state index contributed by atoms with van der Waals surface area (Å²) in [7, 11) is 3.04. The third kappa shape index (κ3) is 14.3. The number of aliphatic hydroxyl groups excluding tert-OH is 1. The van der Waals surface area contributed by atoms with Gasteiger partial charge in [-0.05, 0) is 103 Å². The Morgan fingerprint density at radius 3 is 2.08 bits per heavy atom. The first kappa shape index (κ1) is 60.6. The van der Waals surface area contributed by atoms with E-state index < -0.39 is 42.2 Å². The number of unbranched alkanes of at least 4 members (excludes halogenated alkanes) is 2. The SMILES string of the molecule is COc1cc2c(cc1OCc1cccc(COc3cc4c(cc3OC)C(O)N3Cc5ccccc5C[C@H]3C=N4)n1)N=C[C@@H]1Cc3ccc(NC(=O)[C@H](CCCNC(N)=O)NC(=O)[C@@H](NC(=O)CCCCCN4C(=O)C=CC4=O)C(C)C)cc3CN1C2=O. The number of imide groups is 1. The molecule has 0 radical (unpaired) electrons. The number of fused-ring (bicyclic) bond motifs is 6. The number of aliphatic imine (C=N–C) groups is 2. The average Bonchev–Trinajstić information content (AvgIpc) is 2.82. The molecule has 5 atom stereocenters. The molecule has 0 saturated carbocycles. The molecule has 6 heterocycles. The summed E-state index contributed by atoms with van der Waals surface area (Å²) in [5, 5.41) is 22.7. The number of aliphatic hydroxyl groups is 1. The number of carbonyl (C=O) groups excluding carboxylic acids is 7. The van der Waals surface area contributed by atoms with Crippen LogP contribution in [0, 0.1) is 5.92 Å². The number of methoxy groups -OCH3 is 2. The molecule has 1 unspecified atom stereocenters.